The molecule has 120 valence electrons. The molecule has 0 aromatic heterocycles. The Kier molecular flexibility index (Phi) is 7.35. The van der Waals surface area contributed by atoms with E-state index in [0.717, 1.165) is 31.2 Å². The smallest absolute Gasteiger partial charge is 0.240 e. The van der Waals surface area contributed by atoms with Crippen LogP contribution >= 0.6 is 0 Å². The Morgan fingerprint density at radius 3 is 2.29 bits per heavy atom. The van der Waals surface area contributed by atoms with E-state index in [4.69, 9.17) is 5.73 Å². The van der Waals surface area contributed by atoms with Gasteiger partial charge in [0.05, 0.1) is 4.90 Å². The van der Waals surface area contributed by atoms with Crippen LogP contribution in [0.2, 0.25) is 0 Å². The minimum Gasteiger partial charge on any atom is -0.329 e. The molecule has 0 aliphatic carbocycles. The van der Waals surface area contributed by atoms with Gasteiger partial charge in [-0.1, -0.05) is 45.7 Å². The van der Waals surface area contributed by atoms with E-state index in [1.54, 1.807) is 12.1 Å². The summed E-state index contributed by atoms with van der Waals surface area (Å²) in [7, 11) is -3.48. The second kappa shape index (κ2) is 8.51. The second-order valence-electron chi connectivity index (χ2n) is 5.57. The Balaban J connectivity index is 2.82. The van der Waals surface area contributed by atoms with Gasteiger partial charge < -0.3 is 5.73 Å². The van der Waals surface area contributed by atoms with Crippen molar-refractivity contribution in [2.45, 2.75) is 63.3 Å². The van der Waals surface area contributed by atoms with Crippen LogP contribution in [-0.4, -0.2) is 21.0 Å². The van der Waals surface area contributed by atoms with Crippen LogP contribution in [0.5, 0.6) is 0 Å². The molecule has 5 heteroatoms. The average Bonchev–Trinajstić information content (AvgIpc) is 2.50. The maximum atomic E-state index is 12.3. The van der Waals surface area contributed by atoms with Crippen LogP contribution in [-0.2, 0) is 10.0 Å². The van der Waals surface area contributed by atoms with E-state index in [9.17, 15) is 8.42 Å². The Bertz CT molecular complexity index is 512. The lowest BCUT2D eigenvalue weighted by Crippen LogP contribution is -2.40. The number of unbranched alkanes of at least 4 members (excludes halogenated alkanes) is 1. The van der Waals surface area contributed by atoms with Gasteiger partial charge in [0.1, 0.15) is 0 Å². The molecule has 1 aromatic carbocycles. The first-order valence-electron chi connectivity index (χ1n) is 7.76. The number of hydrogen-bond donors (Lipinski definition) is 2. The zero-order valence-corrected chi connectivity index (χ0v) is 14.1. The van der Waals surface area contributed by atoms with Gasteiger partial charge in [0, 0.05) is 12.6 Å². The molecule has 0 amide bonds. The van der Waals surface area contributed by atoms with Crippen molar-refractivity contribution in [3.05, 3.63) is 29.8 Å². The average molecular weight is 312 g/mol. The number of sulfonamides is 1. The molecule has 1 rings (SSSR count). The summed E-state index contributed by atoms with van der Waals surface area (Å²) in [5, 5.41) is 0. The first-order valence-corrected chi connectivity index (χ1v) is 9.25. The lowest BCUT2D eigenvalue weighted by molar-refractivity contribution is 0.516. The standard InChI is InChI=1S/C16H28N2O2S/c1-4-6-7-15(12-17)18-21(19,20)16-10-8-14(9-11-16)13(3)5-2/h8-11,13,15,18H,4-7,12,17H2,1-3H3. The molecule has 0 bridgehead atoms. The first-order chi connectivity index (χ1) is 9.94. The monoisotopic (exact) mass is 312 g/mol. The molecule has 0 saturated carbocycles. The van der Waals surface area contributed by atoms with E-state index in [2.05, 4.69) is 25.5 Å². The van der Waals surface area contributed by atoms with E-state index in [1.807, 2.05) is 12.1 Å². The molecular weight excluding hydrogens is 284 g/mol. The van der Waals surface area contributed by atoms with Gasteiger partial charge in [0.2, 0.25) is 10.0 Å². The zero-order chi connectivity index (χ0) is 15.9. The minimum atomic E-state index is -3.48. The fraction of sp³-hybridized carbons (Fsp3) is 0.625. The lowest BCUT2D eigenvalue weighted by atomic mass is 9.99. The molecule has 21 heavy (non-hydrogen) atoms. The highest BCUT2D eigenvalue weighted by Crippen LogP contribution is 2.20. The third kappa shape index (κ3) is 5.41. The second-order valence-corrected chi connectivity index (χ2v) is 7.29. The number of nitrogens with two attached hydrogens (primary N) is 1. The predicted molar refractivity (Wildman–Crippen MR) is 87.8 cm³/mol. The zero-order valence-electron chi connectivity index (χ0n) is 13.3. The molecule has 0 heterocycles. The SMILES string of the molecule is CCCCC(CN)NS(=O)(=O)c1ccc(C(C)CC)cc1. The maximum Gasteiger partial charge on any atom is 0.240 e. The molecule has 0 saturated heterocycles. The van der Waals surface area contributed by atoms with Crippen LogP contribution < -0.4 is 10.5 Å². The van der Waals surface area contributed by atoms with E-state index < -0.39 is 10.0 Å². The largest absolute Gasteiger partial charge is 0.329 e. The normalized spacial score (nSPS) is 14.9. The maximum absolute atomic E-state index is 12.3. The Labute approximate surface area is 129 Å². The van der Waals surface area contributed by atoms with Crippen LogP contribution in [0.15, 0.2) is 29.2 Å². The highest BCUT2D eigenvalue weighted by Gasteiger charge is 2.19. The van der Waals surface area contributed by atoms with Gasteiger partial charge in [0.25, 0.3) is 0 Å². The van der Waals surface area contributed by atoms with Crippen molar-refractivity contribution in [1.29, 1.82) is 0 Å². The highest BCUT2D eigenvalue weighted by molar-refractivity contribution is 7.89. The Morgan fingerprint density at radius 2 is 1.81 bits per heavy atom. The van der Waals surface area contributed by atoms with E-state index >= 15 is 0 Å². The van der Waals surface area contributed by atoms with Crippen LogP contribution in [0.4, 0.5) is 0 Å². The minimum absolute atomic E-state index is 0.191. The first kappa shape index (κ1) is 18.1. The van der Waals surface area contributed by atoms with Gasteiger partial charge in [-0.15, -0.1) is 0 Å². The van der Waals surface area contributed by atoms with Crippen LogP contribution in [0.1, 0.15) is 57.9 Å². The van der Waals surface area contributed by atoms with Crippen LogP contribution in [0.25, 0.3) is 0 Å². The summed E-state index contributed by atoms with van der Waals surface area (Å²) in [4.78, 5) is 0.310. The van der Waals surface area contributed by atoms with Crippen molar-refractivity contribution in [3.63, 3.8) is 0 Å². The van der Waals surface area contributed by atoms with Crippen LogP contribution in [0.3, 0.4) is 0 Å². The molecule has 1 aromatic rings. The third-order valence-electron chi connectivity index (χ3n) is 3.88. The number of hydrogen-bond acceptors (Lipinski definition) is 3. The van der Waals surface area contributed by atoms with Crippen molar-refractivity contribution in [2.75, 3.05) is 6.54 Å². The van der Waals surface area contributed by atoms with E-state index in [0.29, 0.717) is 17.4 Å². The Morgan fingerprint density at radius 1 is 1.19 bits per heavy atom. The molecule has 0 aliphatic rings. The topological polar surface area (TPSA) is 72.2 Å². The summed E-state index contributed by atoms with van der Waals surface area (Å²) in [6.07, 6.45) is 3.81. The highest BCUT2D eigenvalue weighted by atomic mass is 32.2. The molecule has 3 N–H and O–H groups in total. The molecule has 0 fully saturated rings. The fourth-order valence-electron chi connectivity index (χ4n) is 2.17. The van der Waals surface area contributed by atoms with Gasteiger partial charge >= 0.3 is 0 Å². The summed E-state index contributed by atoms with van der Waals surface area (Å²) in [5.74, 6) is 0.441. The molecule has 4 nitrogen and oxygen atoms in total. The quantitative estimate of drug-likeness (QED) is 0.736. The van der Waals surface area contributed by atoms with Gasteiger partial charge in [-0.05, 0) is 36.5 Å². The fourth-order valence-corrected chi connectivity index (χ4v) is 3.46. The lowest BCUT2D eigenvalue weighted by Gasteiger charge is -2.17. The van der Waals surface area contributed by atoms with Crippen molar-refractivity contribution < 1.29 is 8.42 Å². The van der Waals surface area contributed by atoms with Gasteiger partial charge in [0.15, 0.2) is 0 Å². The molecule has 0 radical (unpaired) electrons. The summed E-state index contributed by atoms with van der Waals surface area (Å²) in [6, 6.07) is 6.96. The molecule has 2 atom stereocenters. The van der Waals surface area contributed by atoms with Crippen molar-refractivity contribution in [1.82, 2.24) is 4.72 Å². The summed E-state index contributed by atoms with van der Waals surface area (Å²) < 4.78 is 27.4. The van der Waals surface area contributed by atoms with E-state index in [1.165, 1.54) is 0 Å². The van der Waals surface area contributed by atoms with Crippen molar-refractivity contribution in [2.24, 2.45) is 5.73 Å². The number of benzene rings is 1. The van der Waals surface area contributed by atoms with Gasteiger partial charge in [-0.3, -0.25) is 0 Å². The Hall–Kier alpha value is -0.910. The predicted octanol–water partition coefficient (Wildman–Crippen LogP) is 3.00. The summed E-state index contributed by atoms with van der Waals surface area (Å²) in [6.45, 7) is 6.66. The van der Waals surface area contributed by atoms with Crippen LogP contribution in [0, 0.1) is 0 Å². The third-order valence-corrected chi connectivity index (χ3v) is 5.42. The molecule has 0 spiro atoms. The molecule has 0 aliphatic heterocycles. The van der Waals surface area contributed by atoms with E-state index in [-0.39, 0.29) is 6.04 Å². The summed E-state index contributed by atoms with van der Waals surface area (Å²) in [5.41, 5.74) is 6.82. The van der Waals surface area contributed by atoms with Crippen molar-refractivity contribution >= 4 is 10.0 Å². The molecular formula is C16H28N2O2S. The van der Waals surface area contributed by atoms with Gasteiger partial charge in [-0.25, -0.2) is 13.1 Å². The number of rotatable bonds is 9. The van der Waals surface area contributed by atoms with Gasteiger partial charge in [-0.2, -0.15) is 0 Å². The molecule has 2 unspecified atom stereocenters. The summed E-state index contributed by atoms with van der Waals surface area (Å²) >= 11 is 0. The van der Waals surface area contributed by atoms with Crippen molar-refractivity contribution in [3.8, 4) is 0 Å². The number of nitrogens with one attached hydrogen (secondary N) is 1.